The minimum atomic E-state index is -0.497. The van der Waals surface area contributed by atoms with Crippen molar-refractivity contribution < 1.29 is 19.1 Å². The van der Waals surface area contributed by atoms with E-state index in [1.54, 1.807) is 0 Å². The van der Waals surface area contributed by atoms with Crippen LogP contribution in [0.25, 0.3) is 0 Å². The van der Waals surface area contributed by atoms with Crippen LogP contribution in [0.4, 0.5) is 9.59 Å². The van der Waals surface area contributed by atoms with Gasteiger partial charge in [-0.2, -0.15) is 0 Å². The normalized spacial score (nSPS) is 19.5. The highest BCUT2D eigenvalue weighted by Gasteiger charge is 2.46. The van der Waals surface area contributed by atoms with Crippen LogP contribution >= 0.6 is 0 Å². The van der Waals surface area contributed by atoms with Gasteiger partial charge in [-0.15, -0.1) is 0 Å². The predicted molar refractivity (Wildman–Crippen MR) is 105 cm³/mol. The molecule has 1 saturated heterocycles. The van der Waals surface area contributed by atoms with Crippen molar-refractivity contribution >= 4 is 12.2 Å². The minimum absolute atomic E-state index is 0.175. The van der Waals surface area contributed by atoms with Gasteiger partial charge in [-0.05, 0) is 57.4 Å². The smallest absolute Gasteiger partial charge is 0.422 e. The topological polar surface area (TPSA) is 79.9 Å². The summed E-state index contributed by atoms with van der Waals surface area (Å²) >= 11 is 0. The summed E-state index contributed by atoms with van der Waals surface area (Å²) in [6.07, 6.45) is 3.17. The van der Waals surface area contributed by atoms with E-state index in [9.17, 15) is 9.59 Å². The van der Waals surface area contributed by atoms with Crippen LogP contribution in [0.5, 0.6) is 0 Å². The third kappa shape index (κ3) is 5.86. The predicted octanol–water partition coefficient (Wildman–Crippen LogP) is 3.60. The molecule has 3 rings (SSSR count). The highest BCUT2D eigenvalue weighted by molar-refractivity contribution is 5.68. The Morgan fingerprint density at radius 1 is 1.11 bits per heavy atom. The first-order chi connectivity index (χ1) is 13.2. The van der Waals surface area contributed by atoms with Gasteiger partial charge >= 0.3 is 12.2 Å². The molecular weight excluding hydrogens is 358 g/mol. The highest BCUT2D eigenvalue weighted by atomic mass is 16.6. The Kier molecular flexibility index (Phi) is 6.13. The van der Waals surface area contributed by atoms with E-state index in [2.05, 4.69) is 10.7 Å². The average molecular weight is 389 g/mol. The van der Waals surface area contributed by atoms with Gasteiger partial charge in [0.2, 0.25) is 0 Å². The first kappa shape index (κ1) is 20.5. The van der Waals surface area contributed by atoms with Crippen molar-refractivity contribution in [1.82, 2.24) is 15.8 Å². The van der Waals surface area contributed by atoms with E-state index in [0.29, 0.717) is 0 Å². The molecule has 1 saturated carbocycles. The summed E-state index contributed by atoms with van der Waals surface area (Å²) in [7, 11) is 0. The van der Waals surface area contributed by atoms with Gasteiger partial charge in [0.25, 0.3) is 0 Å². The summed E-state index contributed by atoms with van der Waals surface area (Å²) < 4.78 is 10.6. The standard InChI is InChI=1S/C21H31N3O4/c1-20(2,3)28-19(26)23-24-11-9-21(10-12-24)13-17(14-21)22-18(25)27-15-16-7-5-4-6-8-16/h4-8,17H,9-15H2,1-3H3,(H,22,25)(H,23,26). The molecule has 1 aromatic rings. The molecule has 28 heavy (non-hydrogen) atoms. The van der Waals surface area contributed by atoms with E-state index in [0.717, 1.165) is 44.3 Å². The Hall–Kier alpha value is -2.28. The fourth-order valence-electron chi connectivity index (χ4n) is 3.95. The van der Waals surface area contributed by atoms with E-state index in [1.807, 2.05) is 56.1 Å². The second-order valence-corrected chi connectivity index (χ2v) is 8.91. The van der Waals surface area contributed by atoms with Crippen molar-refractivity contribution in [3.63, 3.8) is 0 Å². The Bertz CT molecular complexity index is 671. The molecule has 1 aliphatic heterocycles. The monoisotopic (exact) mass is 389 g/mol. The van der Waals surface area contributed by atoms with Crippen LogP contribution in [0, 0.1) is 5.41 Å². The third-order valence-electron chi connectivity index (χ3n) is 5.37. The van der Waals surface area contributed by atoms with Gasteiger partial charge in [0.15, 0.2) is 0 Å². The maximum Gasteiger partial charge on any atom is 0.422 e. The maximum atomic E-state index is 12.0. The number of hydrogen-bond donors (Lipinski definition) is 2. The molecule has 2 N–H and O–H groups in total. The number of ether oxygens (including phenoxy) is 2. The molecule has 0 atom stereocenters. The van der Waals surface area contributed by atoms with Crippen LogP contribution in [-0.2, 0) is 16.1 Å². The molecule has 154 valence electrons. The van der Waals surface area contributed by atoms with E-state index in [-0.39, 0.29) is 24.2 Å². The minimum Gasteiger partial charge on any atom is -0.445 e. The summed E-state index contributed by atoms with van der Waals surface area (Å²) in [6.45, 7) is 7.43. The van der Waals surface area contributed by atoms with Gasteiger partial charge in [-0.1, -0.05) is 30.3 Å². The van der Waals surface area contributed by atoms with Gasteiger partial charge in [-0.25, -0.2) is 14.6 Å². The van der Waals surface area contributed by atoms with E-state index >= 15 is 0 Å². The summed E-state index contributed by atoms with van der Waals surface area (Å²) in [4.78, 5) is 23.8. The number of rotatable bonds is 4. The average Bonchev–Trinajstić information content (AvgIpc) is 2.59. The quantitative estimate of drug-likeness (QED) is 0.823. The van der Waals surface area contributed by atoms with Gasteiger partial charge in [0.05, 0.1) is 0 Å². The molecule has 0 radical (unpaired) electrons. The van der Waals surface area contributed by atoms with Crippen LogP contribution in [0.3, 0.4) is 0 Å². The van der Waals surface area contributed by atoms with Crippen molar-refractivity contribution in [2.24, 2.45) is 5.41 Å². The number of alkyl carbamates (subject to hydrolysis) is 1. The van der Waals surface area contributed by atoms with Gasteiger partial charge in [0.1, 0.15) is 12.2 Å². The second-order valence-electron chi connectivity index (χ2n) is 8.91. The van der Waals surface area contributed by atoms with Crippen LogP contribution in [0.1, 0.15) is 52.0 Å². The Morgan fingerprint density at radius 2 is 1.75 bits per heavy atom. The number of hydrogen-bond acceptors (Lipinski definition) is 5. The number of amides is 2. The molecule has 2 fully saturated rings. The SMILES string of the molecule is CC(C)(C)OC(=O)NN1CCC2(CC1)CC(NC(=O)OCc1ccccc1)C2. The molecule has 2 amide bonds. The first-order valence-corrected chi connectivity index (χ1v) is 9.95. The van der Waals surface area contributed by atoms with Crippen molar-refractivity contribution in [3.05, 3.63) is 35.9 Å². The van der Waals surface area contributed by atoms with Crippen LogP contribution in [-0.4, -0.2) is 41.9 Å². The number of carbonyl (C=O) groups is 2. The van der Waals surface area contributed by atoms with Crippen LogP contribution < -0.4 is 10.7 Å². The number of piperidine rings is 1. The van der Waals surface area contributed by atoms with Crippen molar-refractivity contribution in [1.29, 1.82) is 0 Å². The zero-order valence-electron chi connectivity index (χ0n) is 17.0. The number of benzene rings is 1. The van der Waals surface area contributed by atoms with Gasteiger partial charge in [0, 0.05) is 19.1 Å². The molecule has 0 aromatic heterocycles. The van der Waals surface area contributed by atoms with Crippen LogP contribution in [0.15, 0.2) is 30.3 Å². The molecule has 1 heterocycles. The lowest BCUT2D eigenvalue weighted by molar-refractivity contribution is -0.0195. The lowest BCUT2D eigenvalue weighted by Crippen LogP contribution is -2.57. The van der Waals surface area contributed by atoms with E-state index in [1.165, 1.54) is 0 Å². The molecule has 7 heteroatoms. The molecule has 1 aliphatic carbocycles. The lowest BCUT2D eigenvalue weighted by atomic mass is 9.60. The first-order valence-electron chi connectivity index (χ1n) is 9.95. The van der Waals surface area contributed by atoms with Gasteiger partial charge < -0.3 is 14.8 Å². The van der Waals surface area contributed by atoms with Crippen molar-refractivity contribution in [2.45, 2.75) is 64.7 Å². The molecule has 0 unspecified atom stereocenters. The summed E-state index contributed by atoms with van der Waals surface area (Å²) in [5.74, 6) is 0. The van der Waals surface area contributed by atoms with Crippen molar-refractivity contribution in [3.8, 4) is 0 Å². The van der Waals surface area contributed by atoms with E-state index < -0.39 is 11.7 Å². The molecule has 1 aromatic carbocycles. The molecule has 1 spiro atoms. The second kappa shape index (κ2) is 8.39. The van der Waals surface area contributed by atoms with Gasteiger partial charge in [-0.3, -0.25) is 5.43 Å². The van der Waals surface area contributed by atoms with Crippen LogP contribution in [0.2, 0.25) is 0 Å². The molecule has 0 bridgehead atoms. The molecule has 2 aliphatic rings. The largest absolute Gasteiger partial charge is 0.445 e. The number of hydrazine groups is 1. The maximum absolute atomic E-state index is 12.0. The van der Waals surface area contributed by atoms with Crippen molar-refractivity contribution in [2.75, 3.05) is 13.1 Å². The number of nitrogens with one attached hydrogen (secondary N) is 2. The highest BCUT2D eigenvalue weighted by Crippen LogP contribution is 2.48. The fraction of sp³-hybridized carbons (Fsp3) is 0.619. The Balaban J connectivity index is 1.33. The molecule has 7 nitrogen and oxygen atoms in total. The number of carbonyl (C=O) groups excluding carboxylic acids is 2. The Labute approximate surface area is 166 Å². The lowest BCUT2D eigenvalue weighted by Gasteiger charge is -2.52. The zero-order valence-corrected chi connectivity index (χ0v) is 17.0. The summed E-state index contributed by atoms with van der Waals surface area (Å²) in [5, 5.41) is 4.89. The van der Waals surface area contributed by atoms with E-state index in [4.69, 9.17) is 9.47 Å². The third-order valence-corrected chi connectivity index (χ3v) is 5.37. The molecular formula is C21H31N3O4. The number of nitrogens with zero attached hydrogens (tertiary/aromatic N) is 1. The summed E-state index contributed by atoms with van der Waals surface area (Å²) in [6, 6.07) is 9.84. The Morgan fingerprint density at radius 3 is 2.36 bits per heavy atom. The summed E-state index contributed by atoms with van der Waals surface area (Å²) in [5.41, 5.74) is 3.57. The zero-order chi connectivity index (χ0) is 20.2. The fourth-order valence-corrected chi connectivity index (χ4v) is 3.95.